The number of ether oxygens (including phenoxy) is 1. The fourth-order valence-corrected chi connectivity index (χ4v) is 1.85. The van der Waals surface area contributed by atoms with Gasteiger partial charge >= 0.3 is 5.97 Å². The van der Waals surface area contributed by atoms with Crippen LogP contribution in [0, 0.1) is 11.7 Å². The van der Waals surface area contributed by atoms with Gasteiger partial charge in [0.2, 0.25) is 0 Å². The van der Waals surface area contributed by atoms with Gasteiger partial charge in [0.15, 0.2) is 6.61 Å². The van der Waals surface area contributed by atoms with Crippen LogP contribution in [0.3, 0.4) is 0 Å². The fraction of sp³-hybridized carbons (Fsp3) is 0.385. The normalized spacial score (nSPS) is 14.6. The largest absolute Gasteiger partial charge is 0.455 e. The second-order valence-corrected chi connectivity index (χ2v) is 4.84. The molecule has 0 spiro atoms. The second kappa shape index (κ2) is 6.02. The number of halogens is 2. The molecule has 102 valence electrons. The quantitative estimate of drug-likeness (QED) is 0.866. The monoisotopic (exact) mass is 285 g/mol. The summed E-state index contributed by atoms with van der Waals surface area (Å²) in [7, 11) is 0. The molecule has 6 heteroatoms. The molecule has 2 rings (SSSR count). The zero-order chi connectivity index (χ0) is 13.8. The predicted octanol–water partition coefficient (Wildman–Crippen LogP) is 2.76. The Kier molecular flexibility index (Phi) is 4.37. The van der Waals surface area contributed by atoms with Gasteiger partial charge in [0.1, 0.15) is 5.82 Å². The van der Waals surface area contributed by atoms with E-state index in [1.807, 2.05) is 0 Å². The van der Waals surface area contributed by atoms with Crippen LogP contribution < -0.4 is 5.32 Å². The minimum absolute atomic E-state index is 0.0304. The zero-order valence-electron chi connectivity index (χ0n) is 10.1. The maximum atomic E-state index is 13.3. The minimum Gasteiger partial charge on any atom is -0.455 e. The van der Waals surface area contributed by atoms with Crippen molar-refractivity contribution in [3.05, 3.63) is 29.0 Å². The molecule has 0 aromatic heterocycles. The van der Waals surface area contributed by atoms with Crippen LogP contribution in [0.4, 0.5) is 10.1 Å². The number of anilines is 1. The molecule has 1 fully saturated rings. The lowest BCUT2D eigenvalue weighted by atomic mass is 9.86. The first-order chi connectivity index (χ1) is 9.06. The second-order valence-electron chi connectivity index (χ2n) is 4.41. The topological polar surface area (TPSA) is 55.4 Å². The third-order valence-corrected chi connectivity index (χ3v) is 3.22. The molecule has 1 N–H and O–H groups in total. The third kappa shape index (κ3) is 3.67. The molecule has 0 bridgehead atoms. The lowest BCUT2D eigenvalue weighted by Gasteiger charge is -2.22. The molecule has 0 atom stereocenters. The van der Waals surface area contributed by atoms with Crippen molar-refractivity contribution in [2.75, 3.05) is 11.9 Å². The van der Waals surface area contributed by atoms with Crippen molar-refractivity contribution in [3.8, 4) is 0 Å². The van der Waals surface area contributed by atoms with Crippen molar-refractivity contribution in [2.24, 2.45) is 5.92 Å². The average molecular weight is 286 g/mol. The molecule has 0 radical (unpaired) electrons. The molecule has 0 saturated heterocycles. The van der Waals surface area contributed by atoms with E-state index < -0.39 is 18.3 Å². The first-order valence-corrected chi connectivity index (χ1v) is 6.35. The van der Waals surface area contributed by atoms with Crippen LogP contribution in [0.2, 0.25) is 5.02 Å². The van der Waals surface area contributed by atoms with Crippen LogP contribution in [0.15, 0.2) is 18.2 Å². The van der Waals surface area contributed by atoms with Gasteiger partial charge in [0.25, 0.3) is 5.91 Å². The van der Waals surface area contributed by atoms with Gasteiger partial charge < -0.3 is 10.1 Å². The Labute approximate surface area is 114 Å². The van der Waals surface area contributed by atoms with Crippen molar-refractivity contribution < 1.29 is 18.7 Å². The Hall–Kier alpha value is -1.62. The van der Waals surface area contributed by atoms with Gasteiger partial charge in [-0.1, -0.05) is 18.0 Å². The van der Waals surface area contributed by atoms with Gasteiger partial charge in [-0.15, -0.1) is 0 Å². The highest BCUT2D eigenvalue weighted by Crippen LogP contribution is 2.27. The number of rotatable bonds is 4. The number of carbonyl (C=O) groups excluding carboxylic acids is 2. The summed E-state index contributed by atoms with van der Waals surface area (Å²) < 4.78 is 18.2. The molecule has 1 aliphatic rings. The fourth-order valence-electron chi connectivity index (χ4n) is 1.68. The maximum absolute atomic E-state index is 13.3. The minimum atomic E-state index is -0.594. The van der Waals surface area contributed by atoms with Gasteiger partial charge in [-0.2, -0.15) is 0 Å². The van der Waals surface area contributed by atoms with E-state index in [1.165, 1.54) is 12.1 Å². The van der Waals surface area contributed by atoms with Gasteiger partial charge in [0, 0.05) is 5.02 Å². The molecule has 0 heterocycles. The molecule has 19 heavy (non-hydrogen) atoms. The molecule has 0 aliphatic heterocycles. The first-order valence-electron chi connectivity index (χ1n) is 5.98. The first kappa shape index (κ1) is 13.8. The van der Waals surface area contributed by atoms with E-state index in [1.54, 1.807) is 0 Å². The number of esters is 1. The van der Waals surface area contributed by atoms with E-state index in [0.29, 0.717) is 5.02 Å². The van der Waals surface area contributed by atoms with Crippen molar-refractivity contribution >= 4 is 29.2 Å². The highest BCUT2D eigenvalue weighted by Gasteiger charge is 2.27. The summed E-state index contributed by atoms with van der Waals surface area (Å²) in [5.41, 5.74) is -0.0304. The number of hydrogen-bond donors (Lipinski definition) is 1. The SMILES string of the molecule is O=C(COC(=O)C1CCC1)Nc1cc(Cl)ccc1F. The molecule has 1 saturated carbocycles. The smallest absolute Gasteiger partial charge is 0.309 e. The lowest BCUT2D eigenvalue weighted by Crippen LogP contribution is -2.28. The van der Waals surface area contributed by atoms with Gasteiger partial charge in [-0.25, -0.2) is 4.39 Å². The molecule has 1 aromatic carbocycles. The molecule has 1 aromatic rings. The van der Waals surface area contributed by atoms with Crippen molar-refractivity contribution in [1.82, 2.24) is 0 Å². The highest BCUT2D eigenvalue weighted by molar-refractivity contribution is 6.30. The van der Waals surface area contributed by atoms with E-state index in [-0.39, 0.29) is 17.6 Å². The number of amides is 1. The van der Waals surface area contributed by atoms with Crippen LogP contribution >= 0.6 is 11.6 Å². The van der Waals surface area contributed by atoms with E-state index in [9.17, 15) is 14.0 Å². The molecule has 1 amide bonds. The molecular weight excluding hydrogens is 273 g/mol. The van der Waals surface area contributed by atoms with Crippen LogP contribution in [0.5, 0.6) is 0 Å². The average Bonchev–Trinajstić information content (AvgIpc) is 2.29. The van der Waals surface area contributed by atoms with Crippen molar-refractivity contribution in [2.45, 2.75) is 19.3 Å². The lowest BCUT2D eigenvalue weighted by molar-refractivity contribution is -0.154. The Balaban J connectivity index is 1.83. The van der Waals surface area contributed by atoms with E-state index in [2.05, 4.69) is 5.32 Å². The summed E-state index contributed by atoms with van der Waals surface area (Å²) in [6.45, 7) is -0.415. The molecule has 4 nitrogen and oxygen atoms in total. The van der Waals surface area contributed by atoms with Crippen LogP contribution in [0.25, 0.3) is 0 Å². The molecule has 0 unspecified atom stereocenters. The Morgan fingerprint density at radius 3 is 2.79 bits per heavy atom. The summed E-state index contributed by atoms with van der Waals surface area (Å²) >= 11 is 5.69. The van der Waals surface area contributed by atoms with E-state index in [4.69, 9.17) is 16.3 Å². The maximum Gasteiger partial charge on any atom is 0.309 e. The van der Waals surface area contributed by atoms with E-state index >= 15 is 0 Å². The Bertz CT molecular complexity index is 503. The molecular formula is C13H13ClFNO3. The third-order valence-electron chi connectivity index (χ3n) is 2.99. The highest BCUT2D eigenvalue weighted by atomic mass is 35.5. The number of carbonyl (C=O) groups is 2. The predicted molar refractivity (Wildman–Crippen MR) is 68.3 cm³/mol. The van der Waals surface area contributed by atoms with Crippen LogP contribution in [0.1, 0.15) is 19.3 Å². The van der Waals surface area contributed by atoms with Gasteiger partial charge in [-0.05, 0) is 31.0 Å². The summed E-state index contributed by atoms with van der Waals surface area (Å²) in [5.74, 6) is -1.64. The number of benzene rings is 1. The Morgan fingerprint density at radius 1 is 1.42 bits per heavy atom. The summed E-state index contributed by atoms with van der Waals surface area (Å²) in [5, 5.41) is 2.61. The number of hydrogen-bond acceptors (Lipinski definition) is 3. The van der Waals surface area contributed by atoms with Crippen LogP contribution in [-0.2, 0) is 14.3 Å². The van der Waals surface area contributed by atoms with E-state index in [0.717, 1.165) is 25.3 Å². The summed E-state index contributed by atoms with van der Waals surface area (Å²) in [6, 6.07) is 3.82. The van der Waals surface area contributed by atoms with Gasteiger partial charge in [-0.3, -0.25) is 9.59 Å². The zero-order valence-corrected chi connectivity index (χ0v) is 10.9. The summed E-state index contributed by atoms with van der Waals surface area (Å²) in [4.78, 5) is 22.9. The molecule has 1 aliphatic carbocycles. The van der Waals surface area contributed by atoms with Crippen molar-refractivity contribution in [3.63, 3.8) is 0 Å². The standard InChI is InChI=1S/C13H13ClFNO3/c14-9-4-5-10(15)11(6-9)16-12(17)7-19-13(18)8-2-1-3-8/h4-6,8H,1-3,7H2,(H,16,17). The Morgan fingerprint density at radius 2 is 2.16 bits per heavy atom. The summed E-state index contributed by atoms with van der Waals surface area (Å²) in [6.07, 6.45) is 2.63. The van der Waals surface area contributed by atoms with Crippen molar-refractivity contribution in [1.29, 1.82) is 0 Å². The number of nitrogens with one attached hydrogen (secondary N) is 1. The van der Waals surface area contributed by atoms with Crippen LogP contribution in [-0.4, -0.2) is 18.5 Å². The van der Waals surface area contributed by atoms with Gasteiger partial charge in [0.05, 0.1) is 11.6 Å².